The van der Waals surface area contributed by atoms with E-state index in [4.69, 9.17) is 0 Å². The average molecular weight is 233 g/mol. The van der Waals surface area contributed by atoms with Crippen molar-refractivity contribution in [1.29, 1.82) is 0 Å². The van der Waals surface area contributed by atoms with Gasteiger partial charge < -0.3 is 10.0 Å². The molecule has 1 saturated heterocycles. The lowest BCUT2D eigenvalue weighted by atomic mass is 10.0. The van der Waals surface area contributed by atoms with Gasteiger partial charge in [0, 0.05) is 18.8 Å². The van der Waals surface area contributed by atoms with Crippen molar-refractivity contribution in [3.8, 4) is 0 Å². The fourth-order valence-electron chi connectivity index (χ4n) is 2.77. The Bertz CT molecular complexity index is 375. The van der Waals surface area contributed by atoms with Crippen molar-refractivity contribution < 1.29 is 5.11 Å². The van der Waals surface area contributed by atoms with E-state index in [0.29, 0.717) is 0 Å². The Morgan fingerprint density at radius 1 is 1.41 bits per heavy atom. The summed E-state index contributed by atoms with van der Waals surface area (Å²) in [7, 11) is 0. The minimum Gasteiger partial charge on any atom is -0.392 e. The van der Waals surface area contributed by atoms with Crippen molar-refractivity contribution in [3.05, 3.63) is 29.3 Å². The number of aryl methyl sites for hydroxylation is 1. The molecule has 1 aliphatic heterocycles. The third-order valence-corrected chi connectivity index (χ3v) is 3.84. The van der Waals surface area contributed by atoms with Crippen molar-refractivity contribution in [3.63, 3.8) is 0 Å². The first-order chi connectivity index (χ1) is 8.24. The molecule has 0 saturated carbocycles. The standard InChI is InChI=1S/C15H23NO/c1-3-4-13-7-8-16(10-13)15-6-5-14(11-17)12(2)9-15/h5-6,9,13,17H,3-4,7-8,10-11H2,1-2H3. The first-order valence-corrected chi connectivity index (χ1v) is 6.70. The summed E-state index contributed by atoms with van der Waals surface area (Å²) < 4.78 is 0. The van der Waals surface area contributed by atoms with Gasteiger partial charge in [-0.2, -0.15) is 0 Å². The minimum absolute atomic E-state index is 0.143. The van der Waals surface area contributed by atoms with Crippen LogP contribution in [-0.4, -0.2) is 18.2 Å². The van der Waals surface area contributed by atoms with Gasteiger partial charge in [0.1, 0.15) is 0 Å². The Hall–Kier alpha value is -1.02. The lowest BCUT2D eigenvalue weighted by Crippen LogP contribution is -2.19. The van der Waals surface area contributed by atoms with Crippen molar-refractivity contribution in [2.45, 2.75) is 39.7 Å². The highest BCUT2D eigenvalue weighted by atomic mass is 16.3. The van der Waals surface area contributed by atoms with E-state index in [0.717, 1.165) is 11.5 Å². The molecule has 2 rings (SSSR count). The van der Waals surface area contributed by atoms with E-state index in [-0.39, 0.29) is 6.61 Å². The molecule has 1 fully saturated rings. The minimum atomic E-state index is 0.143. The van der Waals surface area contributed by atoms with Crippen LogP contribution in [0.3, 0.4) is 0 Å². The molecule has 17 heavy (non-hydrogen) atoms. The molecule has 2 heteroatoms. The first kappa shape index (κ1) is 12.4. The second-order valence-corrected chi connectivity index (χ2v) is 5.16. The SMILES string of the molecule is CCCC1CCN(c2ccc(CO)c(C)c2)C1. The average Bonchev–Trinajstić information content (AvgIpc) is 2.78. The van der Waals surface area contributed by atoms with E-state index in [1.165, 1.54) is 43.6 Å². The summed E-state index contributed by atoms with van der Waals surface area (Å²) in [5, 5.41) is 9.17. The maximum Gasteiger partial charge on any atom is 0.0684 e. The fourth-order valence-corrected chi connectivity index (χ4v) is 2.77. The number of aliphatic hydroxyl groups is 1. The molecule has 1 N–H and O–H groups in total. The van der Waals surface area contributed by atoms with Crippen LogP contribution in [0.5, 0.6) is 0 Å². The second-order valence-electron chi connectivity index (χ2n) is 5.16. The van der Waals surface area contributed by atoms with E-state index in [1.807, 2.05) is 0 Å². The summed E-state index contributed by atoms with van der Waals surface area (Å²) in [5.74, 6) is 0.873. The van der Waals surface area contributed by atoms with Crippen LogP contribution in [0.2, 0.25) is 0 Å². The number of hydrogen-bond acceptors (Lipinski definition) is 2. The van der Waals surface area contributed by atoms with Gasteiger partial charge in [-0.15, -0.1) is 0 Å². The predicted octanol–water partition coefficient (Wildman–Crippen LogP) is 3.11. The molecule has 0 aromatic heterocycles. The molecular formula is C15H23NO. The quantitative estimate of drug-likeness (QED) is 0.863. The van der Waals surface area contributed by atoms with Crippen molar-refractivity contribution in [2.75, 3.05) is 18.0 Å². The molecule has 0 aliphatic carbocycles. The number of hydrogen-bond donors (Lipinski definition) is 1. The maximum atomic E-state index is 9.17. The van der Waals surface area contributed by atoms with Gasteiger partial charge in [-0.3, -0.25) is 0 Å². The molecule has 1 unspecified atom stereocenters. The van der Waals surface area contributed by atoms with Crippen LogP contribution in [0.25, 0.3) is 0 Å². The smallest absolute Gasteiger partial charge is 0.0684 e. The summed E-state index contributed by atoms with van der Waals surface area (Å²) in [6.45, 7) is 6.87. The van der Waals surface area contributed by atoms with Gasteiger partial charge in [-0.05, 0) is 48.9 Å². The Labute approximate surface area is 104 Å². The van der Waals surface area contributed by atoms with Crippen LogP contribution >= 0.6 is 0 Å². The van der Waals surface area contributed by atoms with Gasteiger partial charge in [0.15, 0.2) is 0 Å². The Morgan fingerprint density at radius 3 is 2.88 bits per heavy atom. The van der Waals surface area contributed by atoms with Crippen LogP contribution in [0.1, 0.15) is 37.3 Å². The molecule has 94 valence electrons. The monoisotopic (exact) mass is 233 g/mol. The molecule has 1 aromatic carbocycles. The largest absolute Gasteiger partial charge is 0.392 e. The Kier molecular flexibility index (Phi) is 4.06. The third-order valence-electron chi connectivity index (χ3n) is 3.84. The molecule has 0 bridgehead atoms. The summed E-state index contributed by atoms with van der Waals surface area (Å²) in [6, 6.07) is 6.41. The zero-order valence-electron chi connectivity index (χ0n) is 10.9. The van der Waals surface area contributed by atoms with Gasteiger partial charge in [0.2, 0.25) is 0 Å². The molecule has 1 aromatic rings. The van der Waals surface area contributed by atoms with Gasteiger partial charge in [0.05, 0.1) is 6.61 Å². The predicted molar refractivity (Wildman–Crippen MR) is 72.3 cm³/mol. The lowest BCUT2D eigenvalue weighted by molar-refractivity contribution is 0.281. The fraction of sp³-hybridized carbons (Fsp3) is 0.600. The summed E-state index contributed by atoms with van der Waals surface area (Å²) in [5.41, 5.74) is 3.56. The highest BCUT2D eigenvalue weighted by Crippen LogP contribution is 2.27. The van der Waals surface area contributed by atoms with E-state index in [1.54, 1.807) is 0 Å². The highest BCUT2D eigenvalue weighted by Gasteiger charge is 2.21. The van der Waals surface area contributed by atoms with Crippen LogP contribution in [0.4, 0.5) is 5.69 Å². The summed E-state index contributed by atoms with van der Waals surface area (Å²) >= 11 is 0. The maximum absolute atomic E-state index is 9.17. The second kappa shape index (κ2) is 5.54. The van der Waals surface area contributed by atoms with Crippen LogP contribution in [0, 0.1) is 12.8 Å². The molecule has 1 atom stereocenters. The molecule has 1 aliphatic rings. The van der Waals surface area contributed by atoms with Crippen LogP contribution in [-0.2, 0) is 6.61 Å². The summed E-state index contributed by atoms with van der Waals surface area (Å²) in [4.78, 5) is 2.48. The van der Waals surface area contributed by atoms with Gasteiger partial charge in [-0.1, -0.05) is 19.4 Å². The number of nitrogens with zero attached hydrogens (tertiary/aromatic N) is 1. The number of benzene rings is 1. The van der Waals surface area contributed by atoms with Crippen molar-refractivity contribution in [1.82, 2.24) is 0 Å². The Balaban J connectivity index is 2.06. The zero-order chi connectivity index (χ0) is 12.3. The summed E-state index contributed by atoms with van der Waals surface area (Å²) in [6.07, 6.45) is 3.97. The van der Waals surface area contributed by atoms with Crippen molar-refractivity contribution >= 4 is 5.69 Å². The van der Waals surface area contributed by atoms with E-state index < -0.39 is 0 Å². The molecule has 1 heterocycles. The highest BCUT2D eigenvalue weighted by molar-refractivity contribution is 5.51. The Morgan fingerprint density at radius 2 is 2.24 bits per heavy atom. The third kappa shape index (κ3) is 2.81. The molecule has 0 spiro atoms. The van der Waals surface area contributed by atoms with E-state index >= 15 is 0 Å². The topological polar surface area (TPSA) is 23.5 Å². The lowest BCUT2D eigenvalue weighted by Gasteiger charge is -2.20. The zero-order valence-corrected chi connectivity index (χ0v) is 10.9. The number of rotatable bonds is 4. The van der Waals surface area contributed by atoms with Gasteiger partial charge in [0.25, 0.3) is 0 Å². The number of aliphatic hydroxyl groups excluding tert-OH is 1. The first-order valence-electron chi connectivity index (χ1n) is 6.70. The molecule has 0 radical (unpaired) electrons. The van der Waals surface area contributed by atoms with Crippen LogP contribution in [0.15, 0.2) is 18.2 Å². The van der Waals surface area contributed by atoms with E-state index in [2.05, 4.69) is 36.9 Å². The molecule has 2 nitrogen and oxygen atoms in total. The van der Waals surface area contributed by atoms with Gasteiger partial charge in [-0.25, -0.2) is 0 Å². The molecular weight excluding hydrogens is 210 g/mol. The van der Waals surface area contributed by atoms with E-state index in [9.17, 15) is 5.11 Å². The van der Waals surface area contributed by atoms with Crippen LogP contribution < -0.4 is 4.90 Å². The van der Waals surface area contributed by atoms with Crippen molar-refractivity contribution in [2.24, 2.45) is 5.92 Å². The molecule has 0 amide bonds. The number of anilines is 1. The normalized spacial score (nSPS) is 19.9. The van der Waals surface area contributed by atoms with Gasteiger partial charge >= 0.3 is 0 Å².